The summed E-state index contributed by atoms with van der Waals surface area (Å²) in [7, 11) is 0. The van der Waals surface area contributed by atoms with Crippen molar-refractivity contribution in [3.8, 4) is 0 Å². The van der Waals surface area contributed by atoms with Crippen molar-refractivity contribution in [2.24, 2.45) is 5.73 Å². The number of benzene rings is 1. The summed E-state index contributed by atoms with van der Waals surface area (Å²) in [6.45, 7) is 0.264. The number of halogens is 1. The predicted molar refractivity (Wildman–Crippen MR) is 82.4 cm³/mol. The van der Waals surface area contributed by atoms with Crippen LogP contribution in [0.5, 0.6) is 0 Å². The number of primary amides is 1. The van der Waals surface area contributed by atoms with E-state index in [1.54, 1.807) is 12.1 Å². The van der Waals surface area contributed by atoms with Crippen LogP contribution in [0.2, 0.25) is 0 Å². The van der Waals surface area contributed by atoms with Gasteiger partial charge in [-0.3, -0.25) is 9.59 Å². The molecule has 2 amide bonds. The number of carbonyl (C=O) groups is 2. The second-order valence-corrected chi connectivity index (χ2v) is 6.09. The minimum Gasteiger partial charge on any atom is -0.368 e. The number of hydrogen-bond acceptors (Lipinski definition) is 3. The van der Waals surface area contributed by atoms with Gasteiger partial charge in [0, 0.05) is 11.0 Å². The average molecular weight is 353 g/mol. The maximum absolute atomic E-state index is 12.3. The van der Waals surface area contributed by atoms with Gasteiger partial charge in [0.25, 0.3) is 5.91 Å². The molecule has 0 unspecified atom stereocenters. The SMILES string of the molecule is NC(=O)CN(Cc1ccc(Br)cc1)C(=O)c1cccs1. The lowest BCUT2D eigenvalue weighted by atomic mass is 10.2. The summed E-state index contributed by atoms with van der Waals surface area (Å²) in [5.74, 6) is -0.700. The van der Waals surface area contributed by atoms with E-state index in [0.717, 1.165) is 10.0 Å². The zero-order valence-corrected chi connectivity index (χ0v) is 13.0. The standard InChI is InChI=1S/C14H13BrN2O2S/c15-11-5-3-10(4-6-11)8-17(9-13(16)18)14(19)12-2-1-7-20-12/h1-7H,8-9H2,(H2,16,18). The van der Waals surface area contributed by atoms with E-state index < -0.39 is 5.91 Å². The Balaban J connectivity index is 2.17. The van der Waals surface area contributed by atoms with E-state index in [1.165, 1.54) is 16.2 Å². The first kappa shape index (κ1) is 14.7. The average Bonchev–Trinajstić information content (AvgIpc) is 2.93. The molecule has 0 aliphatic rings. The predicted octanol–water partition coefficient (Wildman–Crippen LogP) is 2.64. The Bertz CT molecular complexity index is 596. The molecule has 1 aromatic carbocycles. The Morgan fingerprint density at radius 2 is 1.90 bits per heavy atom. The van der Waals surface area contributed by atoms with Crippen molar-refractivity contribution in [2.45, 2.75) is 6.54 Å². The molecule has 6 heteroatoms. The number of hydrogen-bond donors (Lipinski definition) is 1. The van der Waals surface area contributed by atoms with Crippen LogP contribution in [0.3, 0.4) is 0 Å². The van der Waals surface area contributed by atoms with Gasteiger partial charge in [-0.05, 0) is 29.1 Å². The number of nitrogens with two attached hydrogens (primary N) is 1. The summed E-state index contributed by atoms with van der Waals surface area (Å²) in [5, 5.41) is 1.83. The first-order chi connectivity index (χ1) is 9.56. The van der Waals surface area contributed by atoms with E-state index in [4.69, 9.17) is 5.73 Å². The molecule has 0 fully saturated rings. The van der Waals surface area contributed by atoms with E-state index in [-0.39, 0.29) is 12.5 Å². The highest BCUT2D eigenvalue weighted by Gasteiger charge is 2.18. The summed E-state index contributed by atoms with van der Waals surface area (Å²) in [4.78, 5) is 25.5. The zero-order chi connectivity index (χ0) is 14.5. The van der Waals surface area contributed by atoms with Gasteiger partial charge in [-0.1, -0.05) is 34.1 Å². The maximum Gasteiger partial charge on any atom is 0.264 e. The number of thiophene rings is 1. The van der Waals surface area contributed by atoms with Gasteiger partial charge < -0.3 is 10.6 Å². The van der Waals surface area contributed by atoms with Crippen LogP contribution >= 0.6 is 27.3 Å². The van der Waals surface area contributed by atoms with Gasteiger partial charge >= 0.3 is 0 Å². The van der Waals surface area contributed by atoms with E-state index in [1.807, 2.05) is 29.6 Å². The molecule has 2 rings (SSSR count). The van der Waals surface area contributed by atoms with E-state index in [0.29, 0.717) is 11.4 Å². The highest BCUT2D eigenvalue weighted by Crippen LogP contribution is 2.16. The summed E-state index contributed by atoms with van der Waals surface area (Å²) in [5.41, 5.74) is 6.17. The molecule has 0 saturated carbocycles. The molecule has 0 radical (unpaired) electrons. The van der Waals surface area contributed by atoms with Gasteiger partial charge in [0.1, 0.15) is 6.54 Å². The largest absolute Gasteiger partial charge is 0.368 e. The molecular weight excluding hydrogens is 340 g/mol. The molecule has 0 aliphatic carbocycles. The fraction of sp³-hybridized carbons (Fsp3) is 0.143. The minimum atomic E-state index is -0.521. The highest BCUT2D eigenvalue weighted by atomic mass is 79.9. The lowest BCUT2D eigenvalue weighted by Gasteiger charge is -2.20. The molecule has 0 aliphatic heterocycles. The maximum atomic E-state index is 12.3. The molecule has 1 heterocycles. The second kappa shape index (κ2) is 6.67. The Kier molecular flexibility index (Phi) is 4.92. The third kappa shape index (κ3) is 3.91. The smallest absolute Gasteiger partial charge is 0.264 e. The molecule has 2 aromatic rings. The first-order valence-electron chi connectivity index (χ1n) is 5.92. The number of nitrogens with zero attached hydrogens (tertiary/aromatic N) is 1. The summed E-state index contributed by atoms with van der Waals surface area (Å²) < 4.78 is 0.965. The third-order valence-electron chi connectivity index (χ3n) is 2.65. The normalized spacial score (nSPS) is 10.2. The molecular formula is C14H13BrN2O2S. The molecule has 0 atom stereocenters. The van der Waals surface area contributed by atoms with Gasteiger partial charge in [0.2, 0.25) is 5.91 Å². The lowest BCUT2D eigenvalue weighted by Crippen LogP contribution is -2.37. The van der Waals surface area contributed by atoms with E-state index in [9.17, 15) is 9.59 Å². The van der Waals surface area contributed by atoms with Crippen molar-refractivity contribution < 1.29 is 9.59 Å². The molecule has 2 N–H and O–H groups in total. The van der Waals surface area contributed by atoms with Crippen molar-refractivity contribution in [2.75, 3.05) is 6.54 Å². The summed E-state index contributed by atoms with van der Waals surface area (Å²) >= 11 is 4.71. The highest BCUT2D eigenvalue weighted by molar-refractivity contribution is 9.10. The summed E-state index contributed by atoms with van der Waals surface area (Å²) in [6.07, 6.45) is 0. The molecule has 0 saturated heterocycles. The monoisotopic (exact) mass is 352 g/mol. The zero-order valence-electron chi connectivity index (χ0n) is 10.6. The van der Waals surface area contributed by atoms with Crippen LogP contribution in [-0.4, -0.2) is 23.3 Å². The van der Waals surface area contributed by atoms with Crippen molar-refractivity contribution in [1.29, 1.82) is 0 Å². The van der Waals surface area contributed by atoms with Crippen LogP contribution in [0, 0.1) is 0 Å². The minimum absolute atomic E-state index is 0.0905. The molecule has 0 bridgehead atoms. The van der Waals surface area contributed by atoms with Crippen LogP contribution in [0.4, 0.5) is 0 Å². The van der Waals surface area contributed by atoms with Gasteiger partial charge in [-0.25, -0.2) is 0 Å². The van der Waals surface area contributed by atoms with Crippen LogP contribution < -0.4 is 5.73 Å². The van der Waals surface area contributed by atoms with Crippen molar-refractivity contribution in [3.63, 3.8) is 0 Å². The van der Waals surface area contributed by atoms with Crippen LogP contribution in [-0.2, 0) is 11.3 Å². The fourth-order valence-electron chi connectivity index (χ4n) is 1.75. The Morgan fingerprint density at radius 1 is 1.20 bits per heavy atom. The molecule has 104 valence electrons. The third-order valence-corrected chi connectivity index (χ3v) is 4.04. The van der Waals surface area contributed by atoms with Crippen molar-refractivity contribution in [1.82, 2.24) is 4.90 Å². The van der Waals surface area contributed by atoms with Crippen LogP contribution in [0.15, 0.2) is 46.3 Å². The van der Waals surface area contributed by atoms with Crippen molar-refractivity contribution >= 4 is 39.1 Å². The van der Waals surface area contributed by atoms with Crippen molar-refractivity contribution in [3.05, 3.63) is 56.7 Å². The van der Waals surface area contributed by atoms with Gasteiger partial charge in [-0.2, -0.15) is 0 Å². The Hall–Kier alpha value is -1.66. The topological polar surface area (TPSA) is 63.4 Å². The number of rotatable bonds is 5. The molecule has 1 aromatic heterocycles. The Morgan fingerprint density at radius 3 is 2.45 bits per heavy atom. The van der Waals surface area contributed by atoms with Gasteiger partial charge in [0.05, 0.1) is 4.88 Å². The van der Waals surface area contributed by atoms with Gasteiger partial charge in [0.15, 0.2) is 0 Å². The van der Waals surface area contributed by atoms with Gasteiger partial charge in [-0.15, -0.1) is 11.3 Å². The first-order valence-corrected chi connectivity index (χ1v) is 7.59. The quantitative estimate of drug-likeness (QED) is 0.898. The lowest BCUT2D eigenvalue weighted by molar-refractivity contribution is -0.118. The van der Waals surface area contributed by atoms with E-state index in [2.05, 4.69) is 15.9 Å². The molecule has 20 heavy (non-hydrogen) atoms. The number of amides is 2. The van der Waals surface area contributed by atoms with E-state index >= 15 is 0 Å². The summed E-state index contributed by atoms with van der Waals surface area (Å²) in [6, 6.07) is 11.1. The van der Waals surface area contributed by atoms with Crippen LogP contribution in [0.25, 0.3) is 0 Å². The fourth-order valence-corrected chi connectivity index (χ4v) is 2.71. The Labute approximate surface area is 129 Å². The molecule has 0 spiro atoms. The second-order valence-electron chi connectivity index (χ2n) is 4.23. The number of carbonyl (C=O) groups excluding carboxylic acids is 2. The van der Waals surface area contributed by atoms with Crippen LogP contribution in [0.1, 0.15) is 15.2 Å². The molecule has 4 nitrogen and oxygen atoms in total.